The summed E-state index contributed by atoms with van der Waals surface area (Å²) in [6.07, 6.45) is 0.0891. The van der Waals surface area contributed by atoms with Crippen molar-refractivity contribution in [2.24, 2.45) is 5.92 Å². The smallest absolute Gasteiger partial charge is 0.0931 e. The van der Waals surface area contributed by atoms with Gasteiger partial charge in [0.05, 0.1) is 6.10 Å². The molecule has 0 saturated heterocycles. The van der Waals surface area contributed by atoms with Gasteiger partial charge in [0.2, 0.25) is 0 Å². The van der Waals surface area contributed by atoms with Crippen molar-refractivity contribution in [2.45, 2.75) is 39.8 Å². The van der Waals surface area contributed by atoms with E-state index in [1.807, 2.05) is 6.92 Å². The summed E-state index contributed by atoms with van der Waals surface area (Å²) < 4.78 is 5.13. The molecule has 0 aromatic rings. The summed E-state index contributed by atoms with van der Waals surface area (Å²) in [7, 11) is 1.69. The Morgan fingerprint density at radius 3 is 2.08 bits per heavy atom. The lowest BCUT2D eigenvalue weighted by atomic mass is 10.1. The molecule has 2 atom stereocenters. The summed E-state index contributed by atoms with van der Waals surface area (Å²) >= 11 is 0. The monoisotopic (exact) mass is 171 g/mol. The Hall–Kier alpha value is -0.500. The van der Waals surface area contributed by atoms with Gasteiger partial charge in [-0.3, -0.25) is 0 Å². The van der Waals surface area contributed by atoms with Crippen LogP contribution in [0.25, 0.3) is 0 Å². The van der Waals surface area contributed by atoms with Crippen molar-refractivity contribution in [1.29, 1.82) is 0 Å². The van der Waals surface area contributed by atoms with Gasteiger partial charge < -0.3 is 10.1 Å². The zero-order valence-corrected chi connectivity index (χ0v) is 8.85. The van der Waals surface area contributed by atoms with Crippen LogP contribution in [0.15, 0.2) is 12.3 Å². The second-order valence-corrected chi connectivity index (χ2v) is 3.58. The highest BCUT2D eigenvalue weighted by Gasteiger charge is 2.10. The number of hydrogen-bond donors (Lipinski definition) is 1. The molecule has 2 nitrogen and oxygen atoms in total. The maximum Gasteiger partial charge on any atom is 0.0931 e. The van der Waals surface area contributed by atoms with Crippen molar-refractivity contribution in [3.8, 4) is 0 Å². The molecule has 0 aliphatic rings. The Labute approximate surface area is 76.0 Å². The molecule has 0 unspecified atom stereocenters. The van der Waals surface area contributed by atoms with Gasteiger partial charge in [-0.1, -0.05) is 20.4 Å². The first-order chi connectivity index (χ1) is 5.49. The van der Waals surface area contributed by atoms with Gasteiger partial charge in [0, 0.05) is 18.8 Å². The van der Waals surface area contributed by atoms with Crippen LogP contribution in [0.4, 0.5) is 0 Å². The topological polar surface area (TPSA) is 21.3 Å². The molecular formula is C10H21NO. The average molecular weight is 171 g/mol. The zero-order valence-electron chi connectivity index (χ0n) is 8.85. The predicted octanol–water partition coefficient (Wildman–Crippen LogP) is 2.17. The Kier molecular flexibility index (Phi) is 4.98. The fraction of sp³-hybridized carbons (Fsp3) is 0.800. The van der Waals surface area contributed by atoms with E-state index < -0.39 is 0 Å². The third-order valence-electron chi connectivity index (χ3n) is 2.26. The lowest BCUT2D eigenvalue weighted by Gasteiger charge is -2.23. The van der Waals surface area contributed by atoms with Crippen LogP contribution in [0.2, 0.25) is 0 Å². The quantitative estimate of drug-likeness (QED) is 0.684. The first kappa shape index (κ1) is 11.5. The van der Waals surface area contributed by atoms with Crippen LogP contribution >= 0.6 is 0 Å². The van der Waals surface area contributed by atoms with Crippen molar-refractivity contribution in [3.63, 3.8) is 0 Å². The van der Waals surface area contributed by atoms with Crippen molar-refractivity contribution >= 4 is 0 Å². The summed E-state index contributed by atoms with van der Waals surface area (Å²) in [5.74, 6) is 0.616. The van der Waals surface area contributed by atoms with Crippen LogP contribution in [-0.4, -0.2) is 19.3 Å². The zero-order chi connectivity index (χ0) is 9.72. The summed E-state index contributed by atoms with van der Waals surface area (Å²) in [6.45, 7) is 12.4. The molecule has 0 fully saturated rings. The standard InChI is InChI=1S/C10H21NO/c1-7(2)8(3)11-9(4)10(5)12-6/h7-8,10-11H,4H2,1-3,5-6H3/t8-,10+/m1/s1. The lowest BCUT2D eigenvalue weighted by molar-refractivity contribution is 0.138. The van der Waals surface area contributed by atoms with E-state index in [1.165, 1.54) is 0 Å². The van der Waals surface area contributed by atoms with E-state index in [0.717, 1.165) is 5.70 Å². The Morgan fingerprint density at radius 2 is 1.75 bits per heavy atom. The van der Waals surface area contributed by atoms with E-state index in [2.05, 4.69) is 32.7 Å². The maximum absolute atomic E-state index is 5.13. The van der Waals surface area contributed by atoms with Gasteiger partial charge in [-0.2, -0.15) is 0 Å². The minimum atomic E-state index is 0.0891. The van der Waals surface area contributed by atoms with Gasteiger partial charge in [-0.05, 0) is 19.8 Å². The number of rotatable bonds is 5. The largest absolute Gasteiger partial charge is 0.384 e. The molecule has 0 radical (unpaired) electrons. The molecule has 72 valence electrons. The molecule has 1 N–H and O–H groups in total. The van der Waals surface area contributed by atoms with Gasteiger partial charge in [0.1, 0.15) is 0 Å². The molecule has 0 aliphatic carbocycles. The van der Waals surface area contributed by atoms with Gasteiger partial charge in [-0.25, -0.2) is 0 Å². The van der Waals surface area contributed by atoms with Crippen molar-refractivity contribution in [3.05, 3.63) is 12.3 Å². The summed E-state index contributed by atoms with van der Waals surface area (Å²) in [6, 6.07) is 0.454. The molecule has 2 heteroatoms. The Balaban J connectivity index is 3.84. The third kappa shape index (κ3) is 3.77. The first-order valence-corrected chi connectivity index (χ1v) is 4.47. The molecule has 0 aliphatic heterocycles. The maximum atomic E-state index is 5.13. The number of methoxy groups -OCH3 is 1. The van der Waals surface area contributed by atoms with E-state index in [0.29, 0.717) is 12.0 Å². The van der Waals surface area contributed by atoms with Crippen LogP contribution in [0.1, 0.15) is 27.7 Å². The van der Waals surface area contributed by atoms with Gasteiger partial charge >= 0.3 is 0 Å². The lowest BCUT2D eigenvalue weighted by Crippen LogP contribution is -2.34. The van der Waals surface area contributed by atoms with Crippen LogP contribution in [-0.2, 0) is 4.74 Å². The highest BCUT2D eigenvalue weighted by Crippen LogP contribution is 2.05. The molecule has 0 rings (SSSR count). The van der Waals surface area contributed by atoms with E-state index in [-0.39, 0.29) is 6.10 Å². The molecule has 0 amide bonds. The minimum absolute atomic E-state index is 0.0891. The van der Waals surface area contributed by atoms with E-state index in [4.69, 9.17) is 4.74 Å². The average Bonchev–Trinajstić information content (AvgIpc) is 2.02. The molecule has 0 aromatic carbocycles. The highest BCUT2D eigenvalue weighted by atomic mass is 16.5. The molecular weight excluding hydrogens is 150 g/mol. The second-order valence-electron chi connectivity index (χ2n) is 3.58. The third-order valence-corrected chi connectivity index (χ3v) is 2.26. The summed E-state index contributed by atoms with van der Waals surface area (Å²) in [5.41, 5.74) is 0.957. The number of hydrogen-bond acceptors (Lipinski definition) is 2. The molecule has 0 aromatic heterocycles. The molecule has 0 spiro atoms. The molecule has 0 saturated carbocycles. The van der Waals surface area contributed by atoms with Crippen molar-refractivity contribution < 1.29 is 4.74 Å². The van der Waals surface area contributed by atoms with Crippen molar-refractivity contribution in [2.75, 3.05) is 7.11 Å². The van der Waals surface area contributed by atoms with Crippen LogP contribution in [0, 0.1) is 5.92 Å². The van der Waals surface area contributed by atoms with E-state index in [1.54, 1.807) is 7.11 Å². The van der Waals surface area contributed by atoms with Crippen LogP contribution in [0.3, 0.4) is 0 Å². The van der Waals surface area contributed by atoms with E-state index in [9.17, 15) is 0 Å². The fourth-order valence-electron chi connectivity index (χ4n) is 0.719. The highest BCUT2D eigenvalue weighted by molar-refractivity contribution is 4.99. The molecule has 12 heavy (non-hydrogen) atoms. The van der Waals surface area contributed by atoms with E-state index >= 15 is 0 Å². The first-order valence-electron chi connectivity index (χ1n) is 4.47. The molecule has 0 heterocycles. The Morgan fingerprint density at radius 1 is 1.25 bits per heavy atom. The Bertz CT molecular complexity index is 143. The van der Waals surface area contributed by atoms with Gasteiger partial charge in [0.15, 0.2) is 0 Å². The second kappa shape index (κ2) is 5.20. The van der Waals surface area contributed by atoms with Gasteiger partial charge in [0.25, 0.3) is 0 Å². The van der Waals surface area contributed by atoms with Crippen LogP contribution in [0.5, 0.6) is 0 Å². The number of nitrogens with one attached hydrogen (secondary N) is 1. The molecule has 0 bridgehead atoms. The SMILES string of the molecule is C=C(N[C@H](C)C(C)C)[C@H](C)OC. The summed E-state index contributed by atoms with van der Waals surface area (Å²) in [5, 5.41) is 3.31. The normalized spacial score (nSPS) is 15.8. The predicted molar refractivity (Wildman–Crippen MR) is 53.0 cm³/mol. The van der Waals surface area contributed by atoms with Crippen LogP contribution < -0.4 is 5.32 Å². The fourth-order valence-corrected chi connectivity index (χ4v) is 0.719. The van der Waals surface area contributed by atoms with Crippen molar-refractivity contribution in [1.82, 2.24) is 5.32 Å². The minimum Gasteiger partial charge on any atom is -0.384 e. The number of ether oxygens (including phenoxy) is 1. The van der Waals surface area contributed by atoms with Gasteiger partial charge in [-0.15, -0.1) is 0 Å². The summed E-state index contributed by atoms with van der Waals surface area (Å²) in [4.78, 5) is 0.